The van der Waals surface area contributed by atoms with E-state index in [2.05, 4.69) is 4.90 Å². The van der Waals surface area contributed by atoms with Crippen LogP contribution in [0, 0.1) is 5.92 Å². The van der Waals surface area contributed by atoms with Crippen molar-refractivity contribution in [2.24, 2.45) is 5.92 Å². The molecule has 0 aromatic heterocycles. The molecule has 0 aliphatic carbocycles. The maximum absolute atomic E-state index is 12.3. The molecule has 138 valence electrons. The van der Waals surface area contributed by atoms with E-state index in [-0.39, 0.29) is 0 Å². The van der Waals surface area contributed by atoms with Crippen molar-refractivity contribution in [3.05, 3.63) is 35.9 Å². The van der Waals surface area contributed by atoms with Gasteiger partial charge in [-0.25, -0.2) is 9.59 Å². The Hall–Kier alpha value is -2.42. The van der Waals surface area contributed by atoms with Gasteiger partial charge in [-0.15, -0.1) is 0 Å². The van der Waals surface area contributed by atoms with E-state index < -0.39 is 29.8 Å². The smallest absolute Gasteiger partial charge is 0.450 e. The van der Waals surface area contributed by atoms with Crippen LogP contribution in [-0.4, -0.2) is 52.1 Å². The van der Waals surface area contributed by atoms with Crippen LogP contribution in [0.5, 0.6) is 0 Å². The molecular formula is C16H18F3NO5. The average Bonchev–Trinajstić information content (AvgIpc) is 2.55. The summed E-state index contributed by atoms with van der Waals surface area (Å²) in [7, 11) is 0. The second-order valence-corrected chi connectivity index (χ2v) is 5.51. The second kappa shape index (κ2) is 9.16. The number of piperidine rings is 1. The number of carbonyl (C=O) groups is 3. The number of rotatable bonds is 3. The first-order valence-corrected chi connectivity index (χ1v) is 7.44. The summed E-state index contributed by atoms with van der Waals surface area (Å²) < 4.78 is 36.9. The van der Waals surface area contributed by atoms with E-state index in [0.29, 0.717) is 25.9 Å². The Labute approximate surface area is 141 Å². The topological polar surface area (TPSA) is 94.9 Å². The molecule has 0 unspecified atom stereocenters. The van der Waals surface area contributed by atoms with Gasteiger partial charge in [-0.2, -0.15) is 13.2 Å². The highest BCUT2D eigenvalue weighted by molar-refractivity contribution is 6.27. The number of carbonyl (C=O) groups excluding carboxylic acids is 1. The molecule has 0 bridgehead atoms. The highest BCUT2D eigenvalue weighted by Gasteiger charge is 2.43. The number of hydrogen-bond acceptors (Lipinski definition) is 4. The Balaban J connectivity index is 0.000000450. The van der Waals surface area contributed by atoms with E-state index in [4.69, 9.17) is 19.8 Å². The molecule has 25 heavy (non-hydrogen) atoms. The van der Waals surface area contributed by atoms with E-state index in [1.807, 2.05) is 30.3 Å². The lowest BCUT2D eigenvalue weighted by molar-refractivity contribution is -0.177. The molecule has 0 radical (unpaired) electrons. The number of carboxylic acids is 2. The summed E-state index contributed by atoms with van der Waals surface area (Å²) in [5.74, 6) is -6.07. The number of nitrogens with zero attached hydrogens (tertiary/aromatic N) is 1. The van der Waals surface area contributed by atoms with Crippen LogP contribution >= 0.6 is 0 Å². The molecule has 1 aromatic carbocycles. The summed E-state index contributed by atoms with van der Waals surface area (Å²) in [6.07, 6.45) is -4.09. The molecule has 1 aliphatic rings. The van der Waals surface area contributed by atoms with Crippen molar-refractivity contribution >= 4 is 17.7 Å². The molecule has 6 nitrogen and oxygen atoms in total. The van der Waals surface area contributed by atoms with Gasteiger partial charge in [-0.1, -0.05) is 30.3 Å². The van der Waals surface area contributed by atoms with Crippen LogP contribution in [0.4, 0.5) is 13.2 Å². The molecule has 0 saturated carbocycles. The Morgan fingerprint density at radius 1 is 1.00 bits per heavy atom. The molecule has 2 rings (SSSR count). The molecule has 1 fully saturated rings. The first kappa shape index (κ1) is 20.6. The Morgan fingerprint density at radius 2 is 1.48 bits per heavy atom. The minimum absolute atomic E-state index is 0.297. The lowest BCUT2D eigenvalue weighted by atomic mass is 9.92. The predicted molar refractivity (Wildman–Crippen MR) is 80.8 cm³/mol. The largest absolute Gasteiger partial charge is 0.473 e. The number of carboxylic acid groups (broad SMARTS) is 2. The van der Waals surface area contributed by atoms with E-state index in [1.165, 1.54) is 0 Å². The molecule has 9 heteroatoms. The van der Waals surface area contributed by atoms with Gasteiger partial charge in [0.2, 0.25) is 5.78 Å². The standard InChI is InChI=1S/C14H16F3NO.C2H2O4/c15-14(16,17)13(19)12-6-8-18(9-7-12)10-11-4-2-1-3-5-11;3-1(4)2(5)6/h1-5,12H,6-10H2;(H,3,4)(H,5,6). The number of aliphatic carboxylic acids is 2. The minimum atomic E-state index is -4.69. The first-order valence-electron chi connectivity index (χ1n) is 7.44. The molecular weight excluding hydrogens is 343 g/mol. The molecule has 1 aliphatic heterocycles. The fourth-order valence-electron chi connectivity index (χ4n) is 2.43. The summed E-state index contributed by atoms with van der Waals surface area (Å²) in [4.78, 5) is 31.4. The molecule has 0 amide bonds. The van der Waals surface area contributed by atoms with Gasteiger partial charge in [0.1, 0.15) is 0 Å². The third kappa shape index (κ3) is 7.34. The number of likely N-dealkylation sites (tertiary alicyclic amines) is 1. The quantitative estimate of drug-likeness (QED) is 0.802. The molecule has 1 heterocycles. The van der Waals surface area contributed by atoms with Crippen molar-refractivity contribution in [2.75, 3.05) is 13.1 Å². The van der Waals surface area contributed by atoms with Crippen molar-refractivity contribution in [1.82, 2.24) is 4.90 Å². The van der Waals surface area contributed by atoms with E-state index in [9.17, 15) is 18.0 Å². The number of benzene rings is 1. The van der Waals surface area contributed by atoms with Crippen LogP contribution in [0.25, 0.3) is 0 Å². The summed E-state index contributed by atoms with van der Waals surface area (Å²) in [5, 5.41) is 14.8. The summed E-state index contributed by atoms with van der Waals surface area (Å²) >= 11 is 0. The van der Waals surface area contributed by atoms with Gasteiger partial charge in [0.25, 0.3) is 0 Å². The van der Waals surface area contributed by atoms with Gasteiger partial charge in [0.15, 0.2) is 0 Å². The zero-order valence-electron chi connectivity index (χ0n) is 13.2. The predicted octanol–water partition coefficient (Wildman–Crippen LogP) is 2.19. The van der Waals surface area contributed by atoms with Crippen molar-refractivity contribution in [1.29, 1.82) is 0 Å². The number of hydrogen-bond donors (Lipinski definition) is 2. The highest BCUT2D eigenvalue weighted by atomic mass is 19.4. The normalized spacial score (nSPS) is 15.8. The van der Waals surface area contributed by atoms with E-state index >= 15 is 0 Å². The maximum Gasteiger partial charge on any atom is 0.450 e. The second-order valence-electron chi connectivity index (χ2n) is 5.51. The number of halogens is 3. The van der Waals surface area contributed by atoms with Gasteiger partial charge in [-0.3, -0.25) is 9.69 Å². The van der Waals surface area contributed by atoms with E-state index in [0.717, 1.165) is 12.1 Å². The van der Waals surface area contributed by atoms with Gasteiger partial charge in [-0.05, 0) is 31.5 Å². The monoisotopic (exact) mass is 361 g/mol. The van der Waals surface area contributed by atoms with Crippen LogP contribution in [0.1, 0.15) is 18.4 Å². The van der Waals surface area contributed by atoms with Crippen LogP contribution in [-0.2, 0) is 20.9 Å². The summed E-state index contributed by atoms with van der Waals surface area (Å²) in [5.41, 5.74) is 1.14. The van der Waals surface area contributed by atoms with Crippen molar-refractivity contribution in [3.8, 4) is 0 Å². The van der Waals surface area contributed by atoms with Crippen LogP contribution < -0.4 is 0 Å². The lowest BCUT2D eigenvalue weighted by Gasteiger charge is -2.31. The molecule has 0 atom stereocenters. The SMILES string of the molecule is O=C(C1CCN(Cc2ccccc2)CC1)C(F)(F)F.O=C(O)C(=O)O. The number of alkyl halides is 3. The van der Waals surface area contributed by atoms with Gasteiger partial charge >= 0.3 is 18.1 Å². The van der Waals surface area contributed by atoms with Gasteiger partial charge in [0.05, 0.1) is 0 Å². The lowest BCUT2D eigenvalue weighted by Crippen LogP contribution is -2.40. The highest BCUT2D eigenvalue weighted by Crippen LogP contribution is 2.28. The average molecular weight is 361 g/mol. The van der Waals surface area contributed by atoms with Crippen LogP contribution in [0.3, 0.4) is 0 Å². The van der Waals surface area contributed by atoms with Crippen LogP contribution in [0.15, 0.2) is 30.3 Å². The molecule has 1 aromatic rings. The van der Waals surface area contributed by atoms with Crippen molar-refractivity contribution < 1.29 is 37.8 Å². The maximum atomic E-state index is 12.3. The van der Waals surface area contributed by atoms with Crippen molar-refractivity contribution in [3.63, 3.8) is 0 Å². The number of ketones is 1. The van der Waals surface area contributed by atoms with Gasteiger partial charge < -0.3 is 10.2 Å². The van der Waals surface area contributed by atoms with Gasteiger partial charge in [0, 0.05) is 12.5 Å². The zero-order valence-corrected chi connectivity index (χ0v) is 13.2. The Kier molecular flexibility index (Phi) is 7.56. The van der Waals surface area contributed by atoms with Crippen molar-refractivity contribution in [2.45, 2.75) is 25.6 Å². The molecule has 1 saturated heterocycles. The Morgan fingerprint density at radius 3 is 1.88 bits per heavy atom. The zero-order chi connectivity index (χ0) is 19.0. The summed E-state index contributed by atoms with van der Waals surface area (Å²) in [6, 6.07) is 9.79. The molecule has 2 N–H and O–H groups in total. The minimum Gasteiger partial charge on any atom is -0.473 e. The van der Waals surface area contributed by atoms with Crippen LogP contribution in [0.2, 0.25) is 0 Å². The fourth-order valence-corrected chi connectivity index (χ4v) is 2.43. The summed E-state index contributed by atoms with van der Waals surface area (Å²) in [6.45, 7) is 1.82. The first-order chi connectivity index (χ1) is 11.6. The third-order valence-electron chi connectivity index (χ3n) is 3.67. The van der Waals surface area contributed by atoms with E-state index in [1.54, 1.807) is 0 Å². The third-order valence-corrected chi connectivity index (χ3v) is 3.67. The Bertz CT molecular complexity index is 584. The molecule has 0 spiro atoms. The number of Topliss-reactive ketones (excluding diaryl/α,β-unsaturated/α-hetero) is 1. The fraction of sp³-hybridized carbons (Fsp3) is 0.438.